The monoisotopic (exact) mass is 582 g/mol. The second-order valence-electron chi connectivity index (χ2n) is 9.32. The average Bonchev–Trinajstić information content (AvgIpc) is 3.00. The Hall–Kier alpha value is -5.78. The van der Waals surface area contributed by atoms with Gasteiger partial charge in [-0.1, -0.05) is 54.6 Å². The van der Waals surface area contributed by atoms with E-state index in [4.69, 9.17) is 9.47 Å². The Morgan fingerprint density at radius 3 is 2.40 bits per heavy atom. The normalized spacial score (nSPS) is 10.7. The molecule has 1 heterocycles. The number of halogens is 1. The smallest absolute Gasteiger partial charge is 0.328 e. The van der Waals surface area contributed by atoms with Gasteiger partial charge in [0.1, 0.15) is 17.3 Å². The number of amides is 2. The van der Waals surface area contributed by atoms with Gasteiger partial charge < -0.3 is 24.8 Å². The van der Waals surface area contributed by atoms with Crippen molar-refractivity contribution in [1.29, 1.82) is 0 Å². The first kappa shape index (κ1) is 28.7. The number of nitrogens with zero attached hydrogens (tertiary/aromatic N) is 4. The van der Waals surface area contributed by atoms with Crippen molar-refractivity contribution >= 4 is 40.4 Å². The molecule has 218 valence electrons. The van der Waals surface area contributed by atoms with Crippen molar-refractivity contribution in [3.63, 3.8) is 0 Å². The minimum atomic E-state index is -1.03. The van der Waals surface area contributed by atoms with Crippen molar-refractivity contribution in [1.82, 2.24) is 15.0 Å². The van der Waals surface area contributed by atoms with Crippen LogP contribution in [-0.4, -0.2) is 45.7 Å². The molecule has 4 aromatic carbocycles. The maximum absolute atomic E-state index is 13.5. The lowest BCUT2D eigenvalue weighted by atomic mass is 10.1. The van der Waals surface area contributed by atoms with Gasteiger partial charge in [0, 0.05) is 13.1 Å². The summed E-state index contributed by atoms with van der Waals surface area (Å²) >= 11 is 0. The Morgan fingerprint density at radius 1 is 0.884 bits per heavy atom. The predicted octanol–water partition coefficient (Wildman–Crippen LogP) is 6.09. The number of hydrogen-bond acceptors (Lipinski definition) is 8. The lowest BCUT2D eigenvalue weighted by Crippen LogP contribution is -2.29. The lowest BCUT2D eigenvalue weighted by Gasteiger charge is -2.23. The molecule has 0 spiro atoms. The number of aliphatic carboxylic acids is 1. The summed E-state index contributed by atoms with van der Waals surface area (Å²) in [6.07, 6.45) is -0.231. The van der Waals surface area contributed by atoms with Gasteiger partial charge in [-0.15, -0.1) is 0 Å². The Labute approximate surface area is 246 Å². The molecule has 0 aliphatic rings. The van der Waals surface area contributed by atoms with Crippen LogP contribution in [0.3, 0.4) is 0 Å². The maximum Gasteiger partial charge on any atom is 0.328 e. The molecule has 0 aliphatic heterocycles. The molecule has 3 N–H and O–H groups in total. The van der Waals surface area contributed by atoms with E-state index in [0.29, 0.717) is 22.7 Å². The minimum Gasteiger partial charge on any atom is -0.495 e. The molecule has 1 aromatic heterocycles. The Kier molecular flexibility index (Phi) is 8.86. The summed E-state index contributed by atoms with van der Waals surface area (Å²) in [6, 6.07) is 25.1. The number of nitrogens with one attached hydrogen (secondary N) is 2. The molecule has 0 fully saturated rings. The van der Waals surface area contributed by atoms with Gasteiger partial charge in [-0.25, -0.2) is 9.18 Å². The van der Waals surface area contributed by atoms with E-state index in [1.54, 1.807) is 47.4 Å². The Morgan fingerprint density at radius 2 is 1.63 bits per heavy atom. The molecule has 0 unspecified atom stereocenters. The first-order valence-electron chi connectivity index (χ1n) is 13.2. The average molecular weight is 583 g/mol. The van der Waals surface area contributed by atoms with Crippen LogP contribution in [0.15, 0.2) is 91.0 Å². The van der Waals surface area contributed by atoms with Crippen LogP contribution in [0.1, 0.15) is 12.0 Å². The zero-order valence-electron chi connectivity index (χ0n) is 23.0. The third kappa shape index (κ3) is 7.70. The van der Waals surface area contributed by atoms with Crippen LogP contribution in [0.5, 0.6) is 17.5 Å². The molecule has 2 amide bonds. The number of carbonyl (C=O) groups is 2. The zero-order chi connectivity index (χ0) is 30.2. The molecular weight excluding hydrogens is 555 g/mol. The zero-order valence-corrected chi connectivity index (χ0v) is 23.0. The van der Waals surface area contributed by atoms with Crippen molar-refractivity contribution in [2.75, 3.05) is 29.2 Å². The molecule has 5 rings (SSSR count). The molecule has 11 nitrogen and oxygen atoms in total. The number of fused-ring (bicyclic) bond motifs is 1. The van der Waals surface area contributed by atoms with Gasteiger partial charge in [0.05, 0.1) is 19.2 Å². The van der Waals surface area contributed by atoms with Crippen LogP contribution < -0.4 is 25.0 Å². The quantitative estimate of drug-likeness (QED) is 0.169. The number of rotatable bonds is 11. The van der Waals surface area contributed by atoms with Gasteiger partial charge in [0.25, 0.3) is 0 Å². The second kappa shape index (κ2) is 13.3. The van der Waals surface area contributed by atoms with Gasteiger partial charge in [-0.3, -0.25) is 10.1 Å². The molecule has 5 aromatic rings. The SMILES string of the molecule is COc1ccccc1NC(=O)Nc1nc(Oc2ccc3ccccc3c2)nc(N(CCC(=O)O)Cc2ccc(F)cc2)n1. The van der Waals surface area contributed by atoms with Crippen molar-refractivity contribution in [2.24, 2.45) is 0 Å². The summed E-state index contributed by atoms with van der Waals surface area (Å²) in [4.78, 5) is 39.1. The number of methoxy groups -OCH3 is 1. The van der Waals surface area contributed by atoms with E-state index < -0.39 is 17.8 Å². The second-order valence-corrected chi connectivity index (χ2v) is 9.32. The van der Waals surface area contributed by atoms with Crippen molar-refractivity contribution in [2.45, 2.75) is 13.0 Å². The first-order valence-corrected chi connectivity index (χ1v) is 13.2. The first-order chi connectivity index (χ1) is 20.9. The fourth-order valence-electron chi connectivity index (χ4n) is 4.22. The summed E-state index contributed by atoms with van der Waals surface area (Å²) in [5.74, 6) is -0.638. The highest BCUT2D eigenvalue weighted by Gasteiger charge is 2.19. The number of carbonyl (C=O) groups excluding carboxylic acids is 1. The molecule has 0 saturated carbocycles. The van der Waals surface area contributed by atoms with Gasteiger partial charge >= 0.3 is 18.0 Å². The van der Waals surface area contributed by atoms with E-state index >= 15 is 0 Å². The number of hydrogen-bond donors (Lipinski definition) is 3. The van der Waals surface area contributed by atoms with Gasteiger partial charge in [0.15, 0.2) is 0 Å². The predicted molar refractivity (Wildman–Crippen MR) is 159 cm³/mol. The molecule has 0 radical (unpaired) electrons. The number of anilines is 3. The van der Waals surface area contributed by atoms with Gasteiger partial charge in [-0.2, -0.15) is 15.0 Å². The van der Waals surface area contributed by atoms with E-state index in [1.165, 1.54) is 19.2 Å². The molecule has 0 bridgehead atoms. The van der Waals surface area contributed by atoms with E-state index in [2.05, 4.69) is 25.6 Å². The standard InChI is InChI=1S/C31H27FN6O5/c1-42-26-9-5-4-8-25(26)33-30(41)35-28-34-29(38(17-16-27(39)40)19-20-10-13-23(32)14-11-20)37-31(36-28)43-24-15-12-21-6-2-3-7-22(21)18-24/h2-15,18H,16-17,19H2,1H3,(H,39,40)(H2,33,34,35,36,37,41). The van der Waals surface area contributed by atoms with Crippen LogP contribution in [0.4, 0.5) is 26.8 Å². The topological polar surface area (TPSA) is 139 Å². The van der Waals surface area contributed by atoms with Crippen molar-refractivity contribution in [3.05, 3.63) is 102 Å². The summed E-state index contributed by atoms with van der Waals surface area (Å²) in [5, 5.41) is 16.6. The summed E-state index contributed by atoms with van der Waals surface area (Å²) in [7, 11) is 1.49. The van der Waals surface area contributed by atoms with Gasteiger partial charge in [0.2, 0.25) is 11.9 Å². The fourth-order valence-corrected chi connectivity index (χ4v) is 4.22. The Bertz CT molecular complexity index is 1750. The Balaban J connectivity index is 1.48. The van der Waals surface area contributed by atoms with Crippen LogP contribution in [-0.2, 0) is 11.3 Å². The molecule has 0 atom stereocenters. The van der Waals surface area contributed by atoms with E-state index in [0.717, 1.165) is 10.8 Å². The highest BCUT2D eigenvalue weighted by molar-refractivity contribution is 5.99. The largest absolute Gasteiger partial charge is 0.495 e. The van der Waals surface area contributed by atoms with Crippen molar-refractivity contribution in [3.8, 4) is 17.5 Å². The molecule has 0 aliphatic carbocycles. The van der Waals surface area contributed by atoms with Crippen LogP contribution in [0, 0.1) is 5.82 Å². The number of aromatic nitrogens is 3. The summed E-state index contributed by atoms with van der Waals surface area (Å²) in [6.45, 7) is 0.166. The maximum atomic E-state index is 13.5. The minimum absolute atomic E-state index is 0.0129. The van der Waals surface area contributed by atoms with Crippen LogP contribution >= 0.6 is 0 Å². The van der Waals surface area contributed by atoms with E-state index in [9.17, 15) is 19.1 Å². The summed E-state index contributed by atoms with van der Waals surface area (Å²) < 4.78 is 24.8. The number of ether oxygens (including phenoxy) is 2. The number of carboxylic acid groups (broad SMARTS) is 1. The molecule has 0 saturated heterocycles. The van der Waals surface area contributed by atoms with E-state index in [1.807, 2.05) is 36.4 Å². The molecular formula is C31H27FN6O5. The number of para-hydroxylation sites is 2. The number of urea groups is 1. The molecule has 43 heavy (non-hydrogen) atoms. The van der Waals surface area contributed by atoms with Crippen molar-refractivity contribution < 1.29 is 28.6 Å². The van der Waals surface area contributed by atoms with Crippen LogP contribution in [0.2, 0.25) is 0 Å². The number of benzene rings is 4. The number of carboxylic acids is 1. The third-order valence-electron chi connectivity index (χ3n) is 6.28. The van der Waals surface area contributed by atoms with Gasteiger partial charge in [-0.05, 0) is 52.7 Å². The molecule has 12 heteroatoms. The summed E-state index contributed by atoms with van der Waals surface area (Å²) in [5.41, 5.74) is 1.11. The van der Waals surface area contributed by atoms with E-state index in [-0.39, 0.29) is 37.4 Å². The lowest BCUT2D eigenvalue weighted by molar-refractivity contribution is -0.136. The van der Waals surface area contributed by atoms with Crippen LogP contribution in [0.25, 0.3) is 10.8 Å². The highest BCUT2D eigenvalue weighted by atomic mass is 19.1. The fraction of sp³-hybridized carbons (Fsp3) is 0.129. The highest BCUT2D eigenvalue weighted by Crippen LogP contribution is 2.27. The third-order valence-corrected chi connectivity index (χ3v) is 6.28.